The van der Waals surface area contributed by atoms with Gasteiger partial charge in [-0.3, -0.25) is 4.79 Å². The Balaban J connectivity index is 2.60. The Hall–Kier alpha value is -0.570. The van der Waals surface area contributed by atoms with Crippen LogP contribution < -0.4 is 0 Å². The molecule has 0 aromatic rings. The summed E-state index contributed by atoms with van der Waals surface area (Å²) in [6.07, 6.45) is 1.13. The zero-order chi connectivity index (χ0) is 11.6. The summed E-state index contributed by atoms with van der Waals surface area (Å²) in [5.74, 6) is 0.831. The van der Waals surface area contributed by atoms with E-state index in [1.54, 1.807) is 7.11 Å². The minimum atomic E-state index is -0.0391. The standard InChI is InChI=1S/C12H23NO2/c1-8-6-9(2)13(7-8)12(14)10(3)11(4)15-5/h8-11H,6-7H2,1-5H3. The van der Waals surface area contributed by atoms with E-state index in [9.17, 15) is 4.79 Å². The molecular formula is C12H23NO2. The molecule has 0 bridgehead atoms. The maximum atomic E-state index is 12.1. The van der Waals surface area contributed by atoms with E-state index in [1.165, 1.54) is 0 Å². The maximum absolute atomic E-state index is 12.1. The Morgan fingerprint density at radius 2 is 2.00 bits per heavy atom. The number of likely N-dealkylation sites (tertiary alicyclic amines) is 1. The van der Waals surface area contributed by atoms with Crippen molar-refractivity contribution in [2.75, 3.05) is 13.7 Å². The molecular weight excluding hydrogens is 190 g/mol. The number of hydrogen-bond donors (Lipinski definition) is 0. The zero-order valence-corrected chi connectivity index (χ0v) is 10.5. The average Bonchev–Trinajstić information content (AvgIpc) is 2.54. The van der Waals surface area contributed by atoms with Crippen molar-refractivity contribution in [2.24, 2.45) is 11.8 Å². The topological polar surface area (TPSA) is 29.5 Å². The van der Waals surface area contributed by atoms with Crippen LogP contribution in [0.15, 0.2) is 0 Å². The number of hydrogen-bond acceptors (Lipinski definition) is 2. The second-order valence-electron chi connectivity index (χ2n) is 4.91. The van der Waals surface area contributed by atoms with Gasteiger partial charge in [0.25, 0.3) is 0 Å². The molecule has 0 aromatic carbocycles. The molecule has 3 nitrogen and oxygen atoms in total. The molecule has 15 heavy (non-hydrogen) atoms. The third-order valence-corrected chi connectivity index (χ3v) is 3.53. The van der Waals surface area contributed by atoms with E-state index in [2.05, 4.69) is 13.8 Å². The SMILES string of the molecule is COC(C)C(C)C(=O)N1CC(C)CC1C. The van der Waals surface area contributed by atoms with E-state index in [0.717, 1.165) is 13.0 Å². The molecule has 1 aliphatic rings. The third kappa shape index (κ3) is 2.71. The second-order valence-corrected chi connectivity index (χ2v) is 4.91. The summed E-state index contributed by atoms with van der Waals surface area (Å²) in [5.41, 5.74) is 0. The molecule has 0 aromatic heterocycles. The Morgan fingerprint density at radius 1 is 1.40 bits per heavy atom. The number of ether oxygens (including phenoxy) is 1. The fraction of sp³-hybridized carbons (Fsp3) is 0.917. The molecule has 1 rings (SSSR count). The Labute approximate surface area is 92.8 Å². The predicted octanol–water partition coefficient (Wildman–Crippen LogP) is 1.91. The molecule has 1 fully saturated rings. The van der Waals surface area contributed by atoms with Crippen LogP contribution in [-0.4, -0.2) is 36.6 Å². The van der Waals surface area contributed by atoms with E-state index in [1.807, 2.05) is 18.7 Å². The minimum absolute atomic E-state index is 0.000561. The number of rotatable bonds is 3. The van der Waals surface area contributed by atoms with Crippen LogP contribution in [0, 0.1) is 11.8 Å². The van der Waals surface area contributed by atoms with Gasteiger partial charge < -0.3 is 9.64 Å². The monoisotopic (exact) mass is 213 g/mol. The molecule has 1 amide bonds. The van der Waals surface area contributed by atoms with Crippen LogP contribution in [0.4, 0.5) is 0 Å². The van der Waals surface area contributed by atoms with E-state index < -0.39 is 0 Å². The number of carbonyl (C=O) groups is 1. The summed E-state index contributed by atoms with van der Waals surface area (Å²) < 4.78 is 5.21. The normalized spacial score (nSPS) is 30.3. The molecule has 1 saturated heterocycles. The number of carbonyl (C=O) groups excluding carboxylic acids is 1. The van der Waals surface area contributed by atoms with Crippen molar-refractivity contribution in [1.82, 2.24) is 4.90 Å². The molecule has 0 aliphatic carbocycles. The van der Waals surface area contributed by atoms with Crippen molar-refractivity contribution in [3.8, 4) is 0 Å². The fourth-order valence-electron chi connectivity index (χ4n) is 2.27. The van der Waals surface area contributed by atoms with Crippen LogP contribution in [0.2, 0.25) is 0 Å². The van der Waals surface area contributed by atoms with Crippen LogP contribution in [0.3, 0.4) is 0 Å². The molecule has 4 unspecified atom stereocenters. The lowest BCUT2D eigenvalue weighted by Gasteiger charge is -2.27. The number of nitrogens with zero attached hydrogens (tertiary/aromatic N) is 1. The Morgan fingerprint density at radius 3 is 2.40 bits per heavy atom. The largest absolute Gasteiger partial charge is 0.381 e. The highest BCUT2D eigenvalue weighted by Crippen LogP contribution is 2.25. The van der Waals surface area contributed by atoms with Crippen molar-refractivity contribution in [3.63, 3.8) is 0 Å². The molecule has 88 valence electrons. The van der Waals surface area contributed by atoms with Gasteiger partial charge in [0.15, 0.2) is 0 Å². The summed E-state index contributed by atoms with van der Waals surface area (Å²) in [7, 11) is 1.66. The van der Waals surface area contributed by atoms with Gasteiger partial charge in [0, 0.05) is 19.7 Å². The molecule has 0 spiro atoms. The van der Waals surface area contributed by atoms with Crippen molar-refractivity contribution in [1.29, 1.82) is 0 Å². The first-order chi connectivity index (χ1) is 6.97. The Bertz CT molecular complexity index is 230. The molecule has 3 heteroatoms. The van der Waals surface area contributed by atoms with E-state index in [0.29, 0.717) is 12.0 Å². The first kappa shape index (κ1) is 12.5. The van der Waals surface area contributed by atoms with Gasteiger partial charge in [0.1, 0.15) is 0 Å². The fourth-order valence-corrected chi connectivity index (χ4v) is 2.27. The first-order valence-corrected chi connectivity index (χ1v) is 5.80. The van der Waals surface area contributed by atoms with Gasteiger partial charge in [-0.1, -0.05) is 13.8 Å². The van der Waals surface area contributed by atoms with Gasteiger partial charge in [0.05, 0.1) is 12.0 Å². The predicted molar refractivity (Wildman–Crippen MR) is 60.6 cm³/mol. The average molecular weight is 213 g/mol. The van der Waals surface area contributed by atoms with Gasteiger partial charge in [-0.05, 0) is 26.2 Å². The van der Waals surface area contributed by atoms with E-state index in [-0.39, 0.29) is 17.9 Å². The van der Waals surface area contributed by atoms with Crippen LogP contribution in [0.25, 0.3) is 0 Å². The zero-order valence-electron chi connectivity index (χ0n) is 10.5. The highest BCUT2D eigenvalue weighted by Gasteiger charge is 2.33. The van der Waals surface area contributed by atoms with Crippen molar-refractivity contribution < 1.29 is 9.53 Å². The number of methoxy groups -OCH3 is 1. The quantitative estimate of drug-likeness (QED) is 0.716. The van der Waals surface area contributed by atoms with Gasteiger partial charge in [-0.15, -0.1) is 0 Å². The van der Waals surface area contributed by atoms with E-state index >= 15 is 0 Å². The lowest BCUT2D eigenvalue weighted by molar-refractivity contribution is -0.139. The highest BCUT2D eigenvalue weighted by molar-refractivity contribution is 5.79. The van der Waals surface area contributed by atoms with Crippen molar-refractivity contribution in [2.45, 2.75) is 46.3 Å². The van der Waals surface area contributed by atoms with Crippen molar-refractivity contribution >= 4 is 5.91 Å². The second kappa shape index (κ2) is 4.97. The summed E-state index contributed by atoms with van der Waals surface area (Å²) >= 11 is 0. The van der Waals surface area contributed by atoms with Gasteiger partial charge >= 0.3 is 0 Å². The summed E-state index contributed by atoms with van der Waals surface area (Å²) in [6.45, 7) is 9.14. The Kier molecular flexibility index (Phi) is 4.14. The van der Waals surface area contributed by atoms with Crippen LogP contribution in [-0.2, 0) is 9.53 Å². The van der Waals surface area contributed by atoms with Gasteiger partial charge in [-0.2, -0.15) is 0 Å². The van der Waals surface area contributed by atoms with Crippen LogP contribution >= 0.6 is 0 Å². The summed E-state index contributed by atoms with van der Waals surface area (Å²) in [6, 6.07) is 0.388. The molecule has 0 saturated carbocycles. The smallest absolute Gasteiger partial charge is 0.228 e. The first-order valence-electron chi connectivity index (χ1n) is 5.80. The minimum Gasteiger partial charge on any atom is -0.381 e. The van der Waals surface area contributed by atoms with Crippen LogP contribution in [0.1, 0.15) is 34.1 Å². The molecule has 1 aliphatic heterocycles. The summed E-state index contributed by atoms with van der Waals surface area (Å²) in [4.78, 5) is 14.2. The maximum Gasteiger partial charge on any atom is 0.228 e. The highest BCUT2D eigenvalue weighted by atomic mass is 16.5. The van der Waals surface area contributed by atoms with Crippen molar-refractivity contribution in [3.05, 3.63) is 0 Å². The van der Waals surface area contributed by atoms with E-state index in [4.69, 9.17) is 4.74 Å². The van der Waals surface area contributed by atoms with Crippen LogP contribution in [0.5, 0.6) is 0 Å². The molecule has 0 N–H and O–H groups in total. The lowest BCUT2D eigenvalue weighted by Crippen LogP contribution is -2.41. The van der Waals surface area contributed by atoms with Gasteiger partial charge in [-0.25, -0.2) is 0 Å². The molecule has 4 atom stereocenters. The lowest BCUT2D eigenvalue weighted by atomic mass is 10.0. The third-order valence-electron chi connectivity index (χ3n) is 3.53. The summed E-state index contributed by atoms with van der Waals surface area (Å²) in [5, 5.41) is 0. The number of amides is 1. The van der Waals surface area contributed by atoms with Gasteiger partial charge in [0.2, 0.25) is 5.91 Å². The molecule has 0 radical (unpaired) electrons. The molecule has 1 heterocycles.